The number of nitrogens with one attached hydrogen (secondary N) is 1. The number of carbonyl (C=O) groups is 2. The van der Waals surface area contributed by atoms with Crippen LogP contribution in [0, 0.1) is 0 Å². The fraction of sp³-hybridized carbons (Fsp3) is 0.709. The van der Waals surface area contributed by atoms with E-state index in [0.717, 1.165) is 109 Å². The molecule has 0 aromatic carbocycles. The second kappa shape index (κ2) is 48.1. The largest absolute Gasteiger partial charge is 0.462 e. The van der Waals surface area contributed by atoms with Crippen LogP contribution in [0.3, 0.4) is 0 Å². The molecule has 0 aromatic rings. The minimum Gasteiger partial charge on any atom is -0.462 e. The van der Waals surface area contributed by atoms with Crippen molar-refractivity contribution in [3.8, 4) is 0 Å². The molecule has 6 nitrogen and oxygen atoms in total. The highest BCUT2D eigenvalue weighted by Crippen LogP contribution is 2.17. The summed E-state index contributed by atoms with van der Waals surface area (Å²) in [4.78, 5) is 26.1. The van der Waals surface area contributed by atoms with E-state index in [2.05, 4.69) is 92.9 Å². The Hall–Kier alpha value is -2.96. The summed E-state index contributed by atoms with van der Waals surface area (Å²) < 4.78 is 5.91. The highest BCUT2D eigenvalue weighted by Gasteiger charge is 2.24. The van der Waals surface area contributed by atoms with Crippen molar-refractivity contribution in [2.45, 2.75) is 244 Å². The van der Waals surface area contributed by atoms with Crippen LogP contribution < -0.4 is 5.32 Å². The van der Waals surface area contributed by atoms with E-state index in [1.54, 1.807) is 0 Å². The van der Waals surface area contributed by atoms with Crippen LogP contribution in [0.15, 0.2) is 85.1 Å². The van der Waals surface area contributed by atoms with Gasteiger partial charge in [0.2, 0.25) is 5.91 Å². The molecular weight excluding hydrogens is 755 g/mol. The molecule has 0 aliphatic carbocycles. The Balaban J connectivity index is 4.64. The number of rotatable bonds is 44. The molecule has 0 bridgehead atoms. The molecule has 3 N–H and O–H groups in total. The van der Waals surface area contributed by atoms with E-state index < -0.39 is 18.2 Å². The van der Waals surface area contributed by atoms with E-state index in [-0.39, 0.29) is 24.9 Å². The third-order valence-electron chi connectivity index (χ3n) is 11.1. The molecule has 0 spiro atoms. The Kier molecular flexibility index (Phi) is 45.7. The maximum Gasteiger partial charge on any atom is 0.306 e. The van der Waals surface area contributed by atoms with Crippen molar-refractivity contribution in [1.82, 2.24) is 5.32 Å². The molecule has 3 atom stereocenters. The average Bonchev–Trinajstić information content (AvgIpc) is 3.25. The van der Waals surface area contributed by atoms with Crippen molar-refractivity contribution >= 4 is 11.9 Å². The number of unbranched alkanes of at least 4 members (excludes halogenated alkanes) is 23. The lowest BCUT2D eigenvalue weighted by Gasteiger charge is -2.24. The number of carbonyl (C=O) groups excluding carboxylic acids is 2. The van der Waals surface area contributed by atoms with Crippen LogP contribution >= 0.6 is 0 Å². The first-order valence-corrected chi connectivity index (χ1v) is 25.4. The zero-order chi connectivity index (χ0) is 44.5. The predicted molar refractivity (Wildman–Crippen MR) is 264 cm³/mol. The van der Waals surface area contributed by atoms with Crippen LogP contribution in [0.5, 0.6) is 0 Å². The maximum absolute atomic E-state index is 13.2. The summed E-state index contributed by atoms with van der Waals surface area (Å²) in [5, 5.41) is 23.8. The molecule has 0 rings (SSSR count). The number of amides is 1. The fourth-order valence-corrected chi connectivity index (χ4v) is 7.32. The van der Waals surface area contributed by atoms with Gasteiger partial charge in [0.1, 0.15) is 6.10 Å². The zero-order valence-corrected chi connectivity index (χ0v) is 39.8. The Morgan fingerprint density at radius 2 is 0.885 bits per heavy atom. The van der Waals surface area contributed by atoms with Gasteiger partial charge in [0.25, 0.3) is 0 Å². The number of hydrogen-bond donors (Lipinski definition) is 3. The number of ether oxygens (including phenoxy) is 1. The second-order valence-corrected chi connectivity index (χ2v) is 17.0. The zero-order valence-electron chi connectivity index (χ0n) is 39.8. The number of hydrogen-bond acceptors (Lipinski definition) is 5. The summed E-state index contributed by atoms with van der Waals surface area (Å²) in [6.45, 7) is 6.20. The number of aliphatic hydroxyl groups excluding tert-OH is 2. The molecule has 0 aliphatic heterocycles. The fourth-order valence-electron chi connectivity index (χ4n) is 7.32. The molecule has 0 aromatic heterocycles. The van der Waals surface area contributed by atoms with E-state index in [0.29, 0.717) is 19.3 Å². The third kappa shape index (κ3) is 43.5. The summed E-state index contributed by atoms with van der Waals surface area (Å²) in [5.74, 6) is -0.526. The smallest absolute Gasteiger partial charge is 0.306 e. The van der Waals surface area contributed by atoms with Crippen LogP contribution in [-0.4, -0.2) is 46.9 Å². The van der Waals surface area contributed by atoms with Crippen molar-refractivity contribution in [3.05, 3.63) is 85.1 Å². The van der Waals surface area contributed by atoms with Crippen LogP contribution in [0.25, 0.3) is 0 Å². The van der Waals surface area contributed by atoms with Crippen molar-refractivity contribution in [1.29, 1.82) is 0 Å². The predicted octanol–water partition coefficient (Wildman–Crippen LogP) is 15.2. The first-order chi connectivity index (χ1) is 30.0. The summed E-state index contributed by atoms with van der Waals surface area (Å²) in [5.41, 5.74) is 0. The summed E-state index contributed by atoms with van der Waals surface area (Å²) in [7, 11) is 0. The van der Waals surface area contributed by atoms with E-state index in [4.69, 9.17) is 4.74 Å². The van der Waals surface area contributed by atoms with Gasteiger partial charge in [0, 0.05) is 6.42 Å². The van der Waals surface area contributed by atoms with Gasteiger partial charge in [0.05, 0.1) is 25.2 Å². The summed E-state index contributed by atoms with van der Waals surface area (Å²) in [6, 6.07) is -0.717. The Labute approximate surface area is 376 Å². The van der Waals surface area contributed by atoms with Crippen LogP contribution in [-0.2, 0) is 14.3 Å². The second-order valence-electron chi connectivity index (χ2n) is 17.0. The first kappa shape index (κ1) is 58.0. The van der Waals surface area contributed by atoms with Gasteiger partial charge in [-0.05, 0) is 64.2 Å². The normalized spacial score (nSPS) is 14.0. The number of allylic oxidation sites excluding steroid dienone is 14. The van der Waals surface area contributed by atoms with Crippen molar-refractivity contribution in [2.75, 3.05) is 6.61 Å². The minimum atomic E-state index is -0.802. The van der Waals surface area contributed by atoms with E-state index >= 15 is 0 Å². The molecule has 350 valence electrons. The summed E-state index contributed by atoms with van der Waals surface area (Å²) >= 11 is 0. The molecule has 3 unspecified atom stereocenters. The van der Waals surface area contributed by atoms with Crippen LogP contribution in [0.2, 0.25) is 0 Å². The lowest BCUT2D eigenvalue weighted by Crippen LogP contribution is -2.46. The molecule has 61 heavy (non-hydrogen) atoms. The lowest BCUT2D eigenvalue weighted by atomic mass is 10.0. The van der Waals surface area contributed by atoms with Crippen molar-refractivity contribution in [3.63, 3.8) is 0 Å². The van der Waals surface area contributed by atoms with E-state index in [1.165, 1.54) is 70.6 Å². The SMILES string of the molecule is CC/C=C/C=C/C=C/C=C\CCCCCCCC(=O)OC(CCCCCCC/C=C/C=C/C=C/CC)CC(=O)NC(CO)C(O)CCCCCCCCCCCCCCCC. The molecule has 0 aliphatic rings. The van der Waals surface area contributed by atoms with Crippen molar-refractivity contribution < 1.29 is 24.5 Å². The van der Waals surface area contributed by atoms with Gasteiger partial charge in [-0.15, -0.1) is 0 Å². The van der Waals surface area contributed by atoms with Gasteiger partial charge in [-0.1, -0.05) is 234 Å². The number of aliphatic hydroxyl groups is 2. The Bertz CT molecular complexity index is 1180. The Morgan fingerprint density at radius 3 is 1.34 bits per heavy atom. The molecule has 0 heterocycles. The molecule has 6 heteroatoms. The van der Waals surface area contributed by atoms with Gasteiger partial charge >= 0.3 is 5.97 Å². The molecule has 0 fully saturated rings. The molecular formula is C55H95NO5. The highest BCUT2D eigenvalue weighted by molar-refractivity contribution is 5.77. The molecule has 0 saturated carbocycles. The van der Waals surface area contributed by atoms with Crippen LogP contribution in [0.1, 0.15) is 226 Å². The van der Waals surface area contributed by atoms with Gasteiger partial charge in [-0.3, -0.25) is 9.59 Å². The first-order valence-electron chi connectivity index (χ1n) is 25.4. The average molecular weight is 850 g/mol. The molecule has 0 radical (unpaired) electrons. The Morgan fingerprint density at radius 1 is 0.492 bits per heavy atom. The molecule has 1 amide bonds. The standard InChI is InChI=1S/C55H95NO5/c1-4-7-10-13-16-19-22-25-27-30-33-36-39-42-45-48-55(60)61-51(46-43-40-37-34-31-28-24-21-18-15-12-9-6-3)49-54(59)56-52(50-57)53(58)47-44-41-38-35-32-29-26-23-20-17-14-11-8-5-2/h7,9-10,12-13,15-16,18-19,21-22,24-25,27,51-53,57-58H,4-6,8,11,14,17,20,23,26,28-50H2,1-3H3,(H,56,59)/b10-7+,12-9+,16-13+,18-15+,22-19+,24-21+,27-25-. The summed E-state index contributed by atoms with van der Waals surface area (Å²) in [6.07, 6.45) is 62.1. The van der Waals surface area contributed by atoms with Crippen LogP contribution in [0.4, 0.5) is 0 Å². The maximum atomic E-state index is 13.2. The third-order valence-corrected chi connectivity index (χ3v) is 11.1. The van der Waals surface area contributed by atoms with Gasteiger partial charge in [-0.2, -0.15) is 0 Å². The highest BCUT2D eigenvalue weighted by atomic mass is 16.5. The monoisotopic (exact) mass is 850 g/mol. The minimum absolute atomic E-state index is 0.0501. The van der Waals surface area contributed by atoms with E-state index in [9.17, 15) is 19.8 Å². The van der Waals surface area contributed by atoms with E-state index in [1.807, 2.05) is 18.2 Å². The topological polar surface area (TPSA) is 95.9 Å². The quantitative estimate of drug-likeness (QED) is 0.0322. The van der Waals surface area contributed by atoms with Gasteiger partial charge < -0.3 is 20.3 Å². The van der Waals surface area contributed by atoms with Crippen molar-refractivity contribution in [2.24, 2.45) is 0 Å². The lowest BCUT2D eigenvalue weighted by molar-refractivity contribution is -0.151. The number of esters is 1. The molecule has 0 saturated heterocycles. The van der Waals surface area contributed by atoms with Gasteiger partial charge in [0.15, 0.2) is 0 Å². The van der Waals surface area contributed by atoms with Gasteiger partial charge in [-0.25, -0.2) is 0 Å².